The Kier molecular flexibility index (Phi) is 8.33. The zero-order chi connectivity index (χ0) is 42.8. The van der Waals surface area contributed by atoms with E-state index in [1.165, 1.54) is 40.6 Å². The Morgan fingerprint density at radius 3 is 1.60 bits per heavy atom. The predicted molar refractivity (Wildman–Crippen MR) is 255 cm³/mol. The standard InChI is InChI=1S/C56H45F2N3O/c1-32-22-33(2)25-42(24-32)59(39-16-12-37(57)13-17-39)41-20-21-46-51(30-41)62-55-48-29-36(56(5,6)7)28-47-52-45-11-9-8-10-44(45)49(31-50(52)61(53(47)48)54(46)55)60(40-18-14-38(58)15-19-40)43-26-34(3)23-35(4)27-43/h8-31H,1-7H3. The van der Waals surface area contributed by atoms with E-state index in [-0.39, 0.29) is 17.0 Å². The minimum absolute atomic E-state index is 0.138. The number of hydrogen-bond acceptors (Lipinski definition) is 3. The third-order valence-corrected chi connectivity index (χ3v) is 12.4. The average molecular weight is 814 g/mol. The zero-order valence-corrected chi connectivity index (χ0v) is 35.9. The van der Waals surface area contributed by atoms with Crippen LogP contribution in [0.1, 0.15) is 48.6 Å². The van der Waals surface area contributed by atoms with Crippen molar-refractivity contribution in [3.8, 4) is 0 Å². The number of fused-ring (bicyclic) bond motifs is 10. The topological polar surface area (TPSA) is 24.0 Å². The summed E-state index contributed by atoms with van der Waals surface area (Å²) in [6.45, 7) is 15.2. The Morgan fingerprint density at radius 2 is 1.00 bits per heavy atom. The van der Waals surface area contributed by atoms with Gasteiger partial charge in [-0.3, -0.25) is 0 Å². The molecule has 6 heteroatoms. The van der Waals surface area contributed by atoms with Gasteiger partial charge in [0, 0.05) is 61.4 Å². The van der Waals surface area contributed by atoms with Gasteiger partial charge in [0.2, 0.25) is 0 Å². The van der Waals surface area contributed by atoms with Crippen LogP contribution in [0.4, 0.5) is 42.9 Å². The summed E-state index contributed by atoms with van der Waals surface area (Å²) in [7, 11) is 0. The van der Waals surface area contributed by atoms with Crippen molar-refractivity contribution in [2.45, 2.75) is 53.9 Å². The molecule has 0 aliphatic carbocycles. The molecule has 11 rings (SSSR count). The summed E-state index contributed by atoms with van der Waals surface area (Å²) in [5.41, 5.74) is 16.1. The minimum Gasteiger partial charge on any atom is -0.454 e. The number of halogens is 2. The first kappa shape index (κ1) is 37.8. The van der Waals surface area contributed by atoms with E-state index in [4.69, 9.17) is 4.42 Å². The Balaban J connectivity index is 1.25. The molecule has 0 aliphatic rings. The molecule has 0 unspecified atom stereocenters. The van der Waals surface area contributed by atoms with Crippen molar-refractivity contribution in [3.63, 3.8) is 0 Å². The maximum atomic E-state index is 14.6. The Hall–Kier alpha value is -7.18. The van der Waals surface area contributed by atoms with Crippen molar-refractivity contribution in [1.82, 2.24) is 4.40 Å². The molecule has 0 saturated heterocycles. The van der Waals surface area contributed by atoms with Gasteiger partial charge in [0.05, 0.1) is 16.7 Å². The lowest BCUT2D eigenvalue weighted by atomic mass is 9.85. The number of nitrogens with zero attached hydrogens (tertiary/aromatic N) is 3. The number of aryl methyl sites for hydroxylation is 4. The third kappa shape index (κ3) is 5.92. The van der Waals surface area contributed by atoms with Gasteiger partial charge in [-0.1, -0.05) is 57.2 Å². The number of anilines is 6. The van der Waals surface area contributed by atoms with Crippen LogP contribution in [0.25, 0.3) is 60.0 Å². The summed E-state index contributed by atoms with van der Waals surface area (Å²) >= 11 is 0. The molecule has 0 radical (unpaired) electrons. The second-order valence-electron chi connectivity index (χ2n) is 18.1. The number of rotatable bonds is 6. The molecule has 0 N–H and O–H groups in total. The van der Waals surface area contributed by atoms with Crippen molar-refractivity contribution in [2.24, 2.45) is 0 Å². The fraction of sp³-hybridized carbons (Fsp3) is 0.143. The van der Waals surface area contributed by atoms with Crippen LogP contribution in [-0.4, -0.2) is 4.40 Å². The zero-order valence-electron chi connectivity index (χ0n) is 35.9. The molecule has 62 heavy (non-hydrogen) atoms. The van der Waals surface area contributed by atoms with Crippen molar-refractivity contribution in [2.75, 3.05) is 9.80 Å². The van der Waals surface area contributed by atoms with Crippen LogP contribution in [0.5, 0.6) is 0 Å². The van der Waals surface area contributed by atoms with Crippen LogP contribution in [-0.2, 0) is 5.41 Å². The van der Waals surface area contributed by atoms with Crippen LogP contribution >= 0.6 is 0 Å². The van der Waals surface area contributed by atoms with Gasteiger partial charge in [0.25, 0.3) is 0 Å². The molecule has 0 atom stereocenters. The number of hydrogen-bond donors (Lipinski definition) is 0. The van der Waals surface area contributed by atoms with Crippen LogP contribution in [0.15, 0.2) is 150 Å². The van der Waals surface area contributed by atoms with E-state index in [1.54, 1.807) is 0 Å². The maximum absolute atomic E-state index is 14.6. The minimum atomic E-state index is -0.281. The highest BCUT2D eigenvalue weighted by Gasteiger charge is 2.29. The highest BCUT2D eigenvalue weighted by Crippen LogP contribution is 2.50. The summed E-state index contributed by atoms with van der Waals surface area (Å²) in [5.74, 6) is -0.559. The molecule has 0 aliphatic heterocycles. The lowest BCUT2D eigenvalue weighted by Crippen LogP contribution is -2.11. The molecule has 0 bridgehead atoms. The van der Waals surface area contributed by atoms with Crippen molar-refractivity contribution < 1.29 is 13.2 Å². The Labute approximate surface area is 359 Å². The van der Waals surface area contributed by atoms with Crippen LogP contribution in [0.3, 0.4) is 0 Å². The van der Waals surface area contributed by atoms with E-state index < -0.39 is 0 Å². The van der Waals surface area contributed by atoms with E-state index >= 15 is 0 Å². The molecule has 3 aromatic heterocycles. The predicted octanol–water partition coefficient (Wildman–Crippen LogP) is 16.5. The Morgan fingerprint density at radius 1 is 0.468 bits per heavy atom. The molecule has 11 aromatic rings. The lowest BCUT2D eigenvalue weighted by Gasteiger charge is -2.28. The molecule has 8 aromatic carbocycles. The van der Waals surface area contributed by atoms with Crippen molar-refractivity contribution >= 4 is 94.2 Å². The fourth-order valence-electron chi connectivity index (χ4n) is 9.84. The second-order valence-corrected chi connectivity index (χ2v) is 18.1. The summed E-state index contributed by atoms with van der Waals surface area (Å²) < 4.78 is 38.4. The molecule has 304 valence electrons. The van der Waals surface area contributed by atoms with Crippen LogP contribution in [0, 0.1) is 39.3 Å². The monoisotopic (exact) mass is 813 g/mol. The molecule has 0 spiro atoms. The Bertz CT molecular complexity index is 3530. The highest BCUT2D eigenvalue weighted by molar-refractivity contribution is 6.32. The van der Waals surface area contributed by atoms with Gasteiger partial charge in [-0.05, 0) is 169 Å². The third-order valence-electron chi connectivity index (χ3n) is 12.4. The van der Waals surface area contributed by atoms with E-state index in [1.807, 2.05) is 24.3 Å². The van der Waals surface area contributed by atoms with Crippen LogP contribution < -0.4 is 9.80 Å². The van der Waals surface area contributed by atoms with Gasteiger partial charge in [0.15, 0.2) is 5.58 Å². The van der Waals surface area contributed by atoms with E-state index in [9.17, 15) is 8.78 Å². The molecular formula is C56H45F2N3O. The van der Waals surface area contributed by atoms with Crippen LogP contribution in [0.2, 0.25) is 0 Å². The molecule has 0 fully saturated rings. The maximum Gasteiger partial charge on any atom is 0.161 e. The normalized spacial score (nSPS) is 12.3. The van der Waals surface area contributed by atoms with Gasteiger partial charge >= 0.3 is 0 Å². The molecule has 0 saturated carbocycles. The first-order valence-electron chi connectivity index (χ1n) is 21.2. The highest BCUT2D eigenvalue weighted by atomic mass is 19.1. The van der Waals surface area contributed by atoms with Gasteiger partial charge < -0.3 is 18.6 Å². The number of aromatic nitrogens is 1. The largest absolute Gasteiger partial charge is 0.454 e. The molecule has 0 amide bonds. The van der Waals surface area contributed by atoms with Gasteiger partial charge in [-0.2, -0.15) is 0 Å². The molecule has 3 heterocycles. The van der Waals surface area contributed by atoms with Gasteiger partial charge in [-0.15, -0.1) is 0 Å². The quantitative estimate of drug-likeness (QED) is 0.167. The van der Waals surface area contributed by atoms with Crippen molar-refractivity contribution in [1.29, 1.82) is 0 Å². The molecular weight excluding hydrogens is 769 g/mol. The molecule has 4 nitrogen and oxygen atoms in total. The summed E-state index contributed by atoms with van der Waals surface area (Å²) in [4.78, 5) is 4.43. The second kappa shape index (κ2) is 13.7. The van der Waals surface area contributed by atoms with Gasteiger partial charge in [-0.25, -0.2) is 8.78 Å². The SMILES string of the molecule is Cc1cc(C)cc(N(c2ccc(F)cc2)c2ccc3c(c2)oc2c4cc(C(C)(C)C)cc5c6c7ccccc7c(N(c7ccc(F)cc7)c7cc(C)cc(C)c7)cc6n(c45)c32)c1. The lowest BCUT2D eigenvalue weighted by molar-refractivity contribution is 0.591. The van der Waals surface area contributed by atoms with Crippen molar-refractivity contribution in [3.05, 3.63) is 185 Å². The fourth-order valence-corrected chi connectivity index (χ4v) is 9.84. The summed E-state index contributed by atoms with van der Waals surface area (Å²) in [6, 6.07) is 48.6. The van der Waals surface area contributed by atoms with Gasteiger partial charge in [0.1, 0.15) is 22.7 Å². The number of furan rings is 1. The number of benzene rings is 8. The average Bonchev–Trinajstić information content (AvgIpc) is 3.87. The summed E-state index contributed by atoms with van der Waals surface area (Å²) in [6.07, 6.45) is 0. The first-order valence-corrected chi connectivity index (χ1v) is 21.2. The van der Waals surface area contributed by atoms with E-state index in [2.05, 4.69) is 160 Å². The van der Waals surface area contributed by atoms with E-state index in [0.29, 0.717) is 0 Å². The first-order chi connectivity index (χ1) is 29.8. The van der Waals surface area contributed by atoms with E-state index in [0.717, 1.165) is 106 Å². The smallest absolute Gasteiger partial charge is 0.161 e. The summed E-state index contributed by atoms with van der Waals surface area (Å²) in [5, 5.41) is 6.66.